The first-order valence-corrected chi connectivity index (χ1v) is 16.4. The van der Waals surface area contributed by atoms with Gasteiger partial charge in [-0.2, -0.15) is 5.11 Å². The number of rotatable bonds is 22. The molecule has 0 bridgehead atoms. The lowest BCUT2D eigenvalue weighted by Crippen LogP contribution is -2.36. The van der Waals surface area contributed by atoms with Crippen molar-refractivity contribution in [3.8, 4) is 0 Å². The third-order valence-electron chi connectivity index (χ3n) is 8.27. The molecule has 2 N–H and O–H groups in total. The SMILES string of the molecule is CCCCCCCCCCCCCCCCCCOCC1CN(CC2OC(n3cc(C)c(=O)[nH]c3=O)CC2O)N=N1. The first-order chi connectivity index (χ1) is 20.0. The van der Waals surface area contributed by atoms with Crippen LogP contribution in [0.2, 0.25) is 0 Å². The Morgan fingerprint density at radius 1 is 0.951 bits per heavy atom. The minimum atomic E-state index is -0.737. The monoisotopic (exact) mass is 577 g/mol. The van der Waals surface area contributed by atoms with E-state index in [1.54, 1.807) is 11.9 Å². The average molecular weight is 578 g/mol. The van der Waals surface area contributed by atoms with Crippen LogP contribution in [0.1, 0.15) is 128 Å². The maximum absolute atomic E-state index is 12.2. The van der Waals surface area contributed by atoms with E-state index in [0.29, 0.717) is 25.3 Å². The number of aryl methyl sites for hydroxylation is 1. The van der Waals surface area contributed by atoms with Gasteiger partial charge in [0.2, 0.25) is 0 Å². The lowest BCUT2D eigenvalue weighted by Gasteiger charge is -2.21. The number of nitrogens with zero attached hydrogens (tertiary/aromatic N) is 4. The summed E-state index contributed by atoms with van der Waals surface area (Å²) in [6.45, 7) is 6.21. The van der Waals surface area contributed by atoms with E-state index in [4.69, 9.17) is 9.47 Å². The largest absolute Gasteiger partial charge is 0.390 e. The molecule has 1 fully saturated rings. The molecule has 1 saturated heterocycles. The topological polar surface area (TPSA) is 122 Å². The lowest BCUT2D eigenvalue weighted by atomic mass is 10.0. The van der Waals surface area contributed by atoms with Crippen LogP contribution in [0.4, 0.5) is 0 Å². The molecule has 234 valence electrons. The second-order valence-electron chi connectivity index (χ2n) is 12.0. The molecular formula is C31H55N5O5. The predicted octanol–water partition coefficient (Wildman–Crippen LogP) is 5.82. The molecule has 4 unspecified atom stereocenters. The number of aromatic amines is 1. The van der Waals surface area contributed by atoms with Crippen molar-refractivity contribution >= 4 is 0 Å². The van der Waals surface area contributed by atoms with E-state index in [0.717, 1.165) is 13.0 Å². The number of unbranched alkanes of at least 4 members (excludes halogenated alkanes) is 15. The Kier molecular flexibility index (Phi) is 15.7. The molecule has 41 heavy (non-hydrogen) atoms. The molecule has 3 heterocycles. The Hall–Kier alpha value is -2.04. The number of aromatic nitrogens is 2. The number of ether oxygens (including phenoxy) is 2. The summed E-state index contributed by atoms with van der Waals surface area (Å²) in [5, 5.41) is 20.8. The first kappa shape index (κ1) is 33.5. The van der Waals surface area contributed by atoms with E-state index in [-0.39, 0.29) is 12.5 Å². The van der Waals surface area contributed by atoms with Crippen molar-refractivity contribution in [1.82, 2.24) is 14.6 Å². The van der Waals surface area contributed by atoms with Gasteiger partial charge in [0.15, 0.2) is 0 Å². The molecule has 3 rings (SSSR count). The highest BCUT2D eigenvalue weighted by atomic mass is 16.5. The zero-order valence-corrected chi connectivity index (χ0v) is 25.6. The highest BCUT2D eigenvalue weighted by Crippen LogP contribution is 2.29. The van der Waals surface area contributed by atoms with Gasteiger partial charge < -0.3 is 14.6 Å². The van der Waals surface area contributed by atoms with Gasteiger partial charge in [-0.05, 0) is 13.3 Å². The first-order valence-electron chi connectivity index (χ1n) is 16.4. The van der Waals surface area contributed by atoms with Gasteiger partial charge in [0.25, 0.3) is 5.56 Å². The maximum atomic E-state index is 12.2. The van der Waals surface area contributed by atoms with Crippen LogP contribution in [0.25, 0.3) is 0 Å². The van der Waals surface area contributed by atoms with Crippen LogP contribution in [-0.2, 0) is 9.47 Å². The van der Waals surface area contributed by atoms with Crippen LogP contribution in [0.15, 0.2) is 26.1 Å². The highest BCUT2D eigenvalue weighted by Gasteiger charge is 2.37. The van der Waals surface area contributed by atoms with Crippen molar-refractivity contribution in [1.29, 1.82) is 0 Å². The molecule has 10 heteroatoms. The Bertz CT molecular complexity index is 996. The van der Waals surface area contributed by atoms with Gasteiger partial charge in [0.05, 0.1) is 25.8 Å². The minimum Gasteiger partial charge on any atom is -0.390 e. The molecule has 10 nitrogen and oxygen atoms in total. The number of hydrogen-bond acceptors (Lipinski definition) is 8. The summed E-state index contributed by atoms with van der Waals surface area (Å²) in [6, 6.07) is -0.0186. The third-order valence-corrected chi connectivity index (χ3v) is 8.27. The van der Waals surface area contributed by atoms with Gasteiger partial charge >= 0.3 is 5.69 Å². The quantitative estimate of drug-likeness (QED) is 0.167. The minimum absolute atomic E-state index is 0.0186. The Labute approximate surface area is 245 Å². The molecular weight excluding hydrogens is 522 g/mol. The zero-order valence-electron chi connectivity index (χ0n) is 25.6. The van der Waals surface area contributed by atoms with E-state index < -0.39 is 29.7 Å². The van der Waals surface area contributed by atoms with Gasteiger partial charge in [0.1, 0.15) is 18.4 Å². The molecule has 4 atom stereocenters. The van der Waals surface area contributed by atoms with Crippen molar-refractivity contribution < 1.29 is 14.6 Å². The van der Waals surface area contributed by atoms with Crippen molar-refractivity contribution in [2.75, 3.05) is 26.3 Å². The fourth-order valence-electron chi connectivity index (χ4n) is 5.69. The molecule has 1 aromatic rings. The van der Waals surface area contributed by atoms with E-state index in [2.05, 4.69) is 22.2 Å². The van der Waals surface area contributed by atoms with Gasteiger partial charge in [-0.1, -0.05) is 108 Å². The summed E-state index contributed by atoms with van der Waals surface area (Å²) in [5.74, 6) is 0. The normalized spacial score (nSPS) is 22.3. The van der Waals surface area contributed by atoms with E-state index >= 15 is 0 Å². The summed E-state index contributed by atoms with van der Waals surface area (Å²) >= 11 is 0. The lowest BCUT2D eigenvalue weighted by molar-refractivity contribution is -0.0356. The molecule has 0 spiro atoms. The van der Waals surface area contributed by atoms with Crippen molar-refractivity contribution in [3.63, 3.8) is 0 Å². The van der Waals surface area contributed by atoms with Crippen LogP contribution in [0, 0.1) is 6.92 Å². The predicted molar refractivity (Wildman–Crippen MR) is 161 cm³/mol. The number of aliphatic hydroxyl groups excluding tert-OH is 1. The molecule has 0 aromatic carbocycles. The summed E-state index contributed by atoms with van der Waals surface area (Å²) in [5.41, 5.74) is -0.537. The van der Waals surface area contributed by atoms with Crippen molar-refractivity contribution in [3.05, 3.63) is 32.6 Å². The third kappa shape index (κ3) is 12.4. The van der Waals surface area contributed by atoms with Crippen molar-refractivity contribution in [2.45, 2.75) is 147 Å². The summed E-state index contributed by atoms with van der Waals surface area (Å²) in [7, 11) is 0. The maximum Gasteiger partial charge on any atom is 0.330 e. The second kappa shape index (κ2) is 19.2. The Morgan fingerprint density at radius 3 is 2.15 bits per heavy atom. The fourth-order valence-corrected chi connectivity index (χ4v) is 5.69. The smallest absolute Gasteiger partial charge is 0.330 e. The number of hydrogen-bond donors (Lipinski definition) is 2. The zero-order chi connectivity index (χ0) is 29.3. The molecule has 2 aliphatic rings. The molecule has 2 aliphatic heterocycles. The van der Waals surface area contributed by atoms with E-state index in [1.807, 2.05) is 0 Å². The van der Waals surface area contributed by atoms with Gasteiger partial charge in [-0.3, -0.25) is 19.4 Å². The summed E-state index contributed by atoms with van der Waals surface area (Å²) < 4.78 is 13.1. The fraction of sp³-hybridized carbons (Fsp3) is 0.871. The molecule has 0 radical (unpaired) electrons. The standard InChI is InChI=1S/C31H55N5O5/c1-3-4-5-6-7-8-9-10-11-12-13-14-15-16-17-18-19-40-24-26-22-35(34-33-26)23-28-27(37)20-29(41-28)36-21-25(2)30(38)32-31(36)39/h21,26-29,37H,3-20,22-24H2,1-2H3,(H,32,38,39). The van der Waals surface area contributed by atoms with Crippen LogP contribution in [0.5, 0.6) is 0 Å². The van der Waals surface area contributed by atoms with Crippen molar-refractivity contribution in [2.24, 2.45) is 10.3 Å². The van der Waals surface area contributed by atoms with Gasteiger partial charge in [-0.15, -0.1) is 0 Å². The van der Waals surface area contributed by atoms with Crippen LogP contribution in [0.3, 0.4) is 0 Å². The number of nitrogens with one attached hydrogen (secondary N) is 1. The van der Waals surface area contributed by atoms with E-state index in [9.17, 15) is 14.7 Å². The van der Waals surface area contributed by atoms with Crippen LogP contribution < -0.4 is 11.2 Å². The Morgan fingerprint density at radius 2 is 1.54 bits per heavy atom. The molecule has 0 aliphatic carbocycles. The summed E-state index contributed by atoms with van der Waals surface area (Å²) in [4.78, 5) is 26.1. The summed E-state index contributed by atoms with van der Waals surface area (Å²) in [6.07, 6.45) is 21.6. The van der Waals surface area contributed by atoms with Crippen LogP contribution in [-0.4, -0.2) is 64.2 Å². The highest BCUT2D eigenvalue weighted by molar-refractivity contribution is 5.02. The number of H-pyrrole nitrogens is 1. The van der Waals surface area contributed by atoms with Gasteiger partial charge in [-0.25, -0.2) is 4.79 Å². The molecule has 0 amide bonds. The molecule has 0 saturated carbocycles. The average Bonchev–Trinajstić information content (AvgIpc) is 3.56. The Balaban J connectivity index is 1.13. The number of aliphatic hydroxyl groups is 1. The molecule has 1 aromatic heterocycles. The van der Waals surface area contributed by atoms with E-state index in [1.165, 1.54) is 107 Å². The second-order valence-corrected chi connectivity index (χ2v) is 12.0. The van der Waals surface area contributed by atoms with Gasteiger partial charge in [0, 0.05) is 24.8 Å². The van der Waals surface area contributed by atoms with Crippen LogP contribution >= 0.6 is 0 Å².